The Bertz CT molecular complexity index is 589. The molecule has 1 N–H and O–H groups in total. The van der Waals surface area contributed by atoms with Gasteiger partial charge in [-0.1, -0.05) is 19.8 Å². The standard InChI is InChI=1S/C10H15N5O2S/c1-2-3-4-6-12-18(16,17)10-13-9-5-7-11-8-15(9)14-10/h5,7-8,12H,2-4,6H2,1H3. The molecule has 0 bridgehead atoms. The molecule has 2 aromatic heterocycles. The minimum Gasteiger partial charge on any atom is -0.245 e. The molecular weight excluding hydrogens is 254 g/mol. The van der Waals surface area contributed by atoms with Gasteiger partial charge >= 0.3 is 0 Å². The summed E-state index contributed by atoms with van der Waals surface area (Å²) in [5.74, 6) is 0. The van der Waals surface area contributed by atoms with Crippen molar-refractivity contribution in [1.82, 2.24) is 24.3 Å². The van der Waals surface area contributed by atoms with Crippen molar-refractivity contribution >= 4 is 15.7 Å². The molecule has 0 spiro atoms. The van der Waals surface area contributed by atoms with Crippen LogP contribution in [0.5, 0.6) is 0 Å². The fraction of sp³-hybridized carbons (Fsp3) is 0.500. The van der Waals surface area contributed by atoms with Crippen LogP contribution in [0.4, 0.5) is 0 Å². The van der Waals surface area contributed by atoms with Crippen molar-refractivity contribution in [3.63, 3.8) is 0 Å². The SMILES string of the molecule is CCCCCNS(=O)(=O)c1nc2ccncn2n1. The van der Waals surface area contributed by atoms with Crippen LogP contribution < -0.4 is 4.72 Å². The summed E-state index contributed by atoms with van der Waals surface area (Å²) in [4.78, 5) is 7.78. The van der Waals surface area contributed by atoms with Crippen LogP contribution >= 0.6 is 0 Å². The third-order valence-electron chi connectivity index (χ3n) is 2.44. The number of unbranched alkanes of at least 4 members (excludes halogenated alkanes) is 2. The molecule has 0 aromatic carbocycles. The molecule has 0 saturated carbocycles. The first-order chi connectivity index (χ1) is 8.63. The molecule has 2 heterocycles. The van der Waals surface area contributed by atoms with Gasteiger partial charge in [0.15, 0.2) is 5.65 Å². The highest BCUT2D eigenvalue weighted by molar-refractivity contribution is 7.89. The summed E-state index contributed by atoms with van der Waals surface area (Å²) in [5.41, 5.74) is 0.457. The van der Waals surface area contributed by atoms with E-state index >= 15 is 0 Å². The lowest BCUT2D eigenvalue weighted by molar-refractivity contribution is 0.567. The van der Waals surface area contributed by atoms with Gasteiger partial charge in [-0.3, -0.25) is 0 Å². The smallest absolute Gasteiger partial charge is 0.245 e. The maximum absolute atomic E-state index is 11.9. The van der Waals surface area contributed by atoms with Gasteiger partial charge in [-0.15, -0.1) is 5.10 Å². The van der Waals surface area contributed by atoms with E-state index in [1.807, 2.05) is 0 Å². The first-order valence-electron chi connectivity index (χ1n) is 5.79. The van der Waals surface area contributed by atoms with Crippen molar-refractivity contribution in [1.29, 1.82) is 0 Å². The van der Waals surface area contributed by atoms with E-state index in [1.54, 1.807) is 6.07 Å². The van der Waals surface area contributed by atoms with E-state index in [2.05, 4.69) is 26.7 Å². The predicted octanol–water partition coefficient (Wildman–Crippen LogP) is 0.593. The van der Waals surface area contributed by atoms with Crippen LogP contribution in [0.25, 0.3) is 5.65 Å². The Kier molecular flexibility index (Phi) is 3.87. The van der Waals surface area contributed by atoms with Crippen LogP contribution in [0.3, 0.4) is 0 Å². The summed E-state index contributed by atoms with van der Waals surface area (Å²) in [5, 5.41) is 3.66. The normalized spacial score (nSPS) is 12.1. The number of fused-ring (bicyclic) bond motifs is 1. The lowest BCUT2D eigenvalue weighted by atomic mass is 10.3. The number of nitrogens with zero attached hydrogens (tertiary/aromatic N) is 4. The molecular formula is C10H15N5O2S. The van der Waals surface area contributed by atoms with Crippen molar-refractivity contribution in [2.45, 2.75) is 31.3 Å². The largest absolute Gasteiger partial charge is 0.283 e. The predicted molar refractivity (Wildman–Crippen MR) is 65.5 cm³/mol. The van der Waals surface area contributed by atoms with Crippen LogP contribution in [0, 0.1) is 0 Å². The maximum Gasteiger partial charge on any atom is 0.283 e. The Morgan fingerprint density at radius 2 is 2.22 bits per heavy atom. The molecule has 0 amide bonds. The summed E-state index contributed by atoms with van der Waals surface area (Å²) < 4.78 is 27.6. The lowest BCUT2D eigenvalue weighted by Crippen LogP contribution is -2.25. The first-order valence-corrected chi connectivity index (χ1v) is 7.28. The summed E-state index contributed by atoms with van der Waals surface area (Å²) in [7, 11) is -3.62. The lowest BCUT2D eigenvalue weighted by Gasteiger charge is -2.01. The highest BCUT2D eigenvalue weighted by atomic mass is 32.2. The fourth-order valence-electron chi connectivity index (χ4n) is 1.48. The minimum absolute atomic E-state index is 0.216. The van der Waals surface area contributed by atoms with Crippen LogP contribution in [0.15, 0.2) is 23.7 Å². The summed E-state index contributed by atoms with van der Waals surface area (Å²) >= 11 is 0. The van der Waals surface area contributed by atoms with E-state index in [4.69, 9.17) is 0 Å². The molecule has 0 aliphatic heterocycles. The maximum atomic E-state index is 11.9. The average molecular weight is 269 g/mol. The van der Waals surface area contributed by atoms with Crippen LogP contribution in [0.1, 0.15) is 26.2 Å². The summed E-state index contributed by atoms with van der Waals surface area (Å²) in [6, 6.07) is 1.60. The number of sulfonamides is 1. The zero-order chi connectivity index (χ0) is 13.0. The molecule has 0 fully saturated rings. The van der Waals surface area contributed by atoms with Gasteiger partial charge in [0.25, 0.3) is 15.2 Å². The molecule has 7 nitrogen and oxygen atoms in total. The number of rotatable bonds is 6. The molecule has 18 heavy (non-hydrogen) atoms. The van der Waals surface area contributed by atoms with E-state index in [9.17, 15) is 8.42 Å². The number of hydrogen-bond acceptors (Lipinski definition) is 5. The van der Waals surface area contributed by atoms with E-state index in [0.29, 0.717) is 12.2 Å². The van der Waals surface area contributed by atoms with E-state index in [0.717, 1.165) is 19.3 Å². The Morgan fingerprint density at radius 3 is 2.94 bits per heavy atom. The highest BCUT2D eigenvalue weighted by Crippen LogP contribution is 2.05. The van der Waals surface area contributed by atoms with Crippen LogP contribution in [-0.4, -0.2) is 34.5 Å². The van der Waals surface area contributed by atoms with Crippen molar-refractivity contribution in [2.24, 2.45) is 0 Å². The zero-order valence-electron chi connectivity index (χ0n) is 10.1. The molecule has 0 radical (unpaired) electrons. The van der Waals surface area contributed by atoms with Gasteiger partial charge in [0.2, 0.25) is 0 Å². The summed E-state index contributed by atoms with van der Waals surface area (Å²) in [6.45, 7) is 2.47. The van der Waals surface area contributed by atoms with E-state index in [1.165, 1.54) is 17.0 Å². The van der Waals surface area contributed by atoms with E-state index < -0.39 is 10.0 Å². The van der Waals surface area contributed by atoms with Gasteiger partial charge in [0, 0.05) is 18.8 Å². The van der Waals surface area contributed by atoms with Gasteiger partial charge in [-0.05, 0) is 6.42 Å². The molecule has 0 unspecified atom stereocenters. The van der Waals surface area contributed by atoms with Crippen molar-refractivity contribution < 1.29 is 8.42 Å². The third-order valence-corrected chi connectivity index (χ3v) is 3.67. The first kappa shape index (κ1) is 12.9. The van der Waals surface area contributed by atoms with Gasteiger partial charge in [-0.25, -0.2) is 22.6 Å². The minimum atomic E-state index is -3.62. The monoisotopic (exact) mass is 269 g/mol. The second kappa shape index (κ2) is 5.40. The molecule has 0 aliphatic rings. The van der Waals surface area contributed by atoms with Crippen molar-refractivity contribution in [2.75, 3.05) is 6.54 Å². The van der Waals surface area contributed by atoms with Gasteiger partial charge < -0.3 is 0 Å². The van der Waals surface area contributed by atoms with Crippen LogP contribution in [0.2, 0.25) is 0 Å². The Balaban J connectivity index is 2.14. The molecule has 98 valence electrons. The quantitative estimate of drug-likeness (QED) is 0.775. The van der Waals surface area contributed by atoms with Gasteiger partial charge in [-0.2, -0.15) is 4.98 Å². The average Bonchev–Trinajstić information content (AvgIpc) is 2.79. The molecule has 0 saturated heterocycles. The van der Waals surface area contributed by atoms with Gasteiger partial charge in [0.1, 0.15) is 6.33 Å². The Hall–Kier alpha value is -1.54. The second-order valence-corrected chi connectivity index (χ2v) is 5.54. The van der Waals surface area contributed by atoms with Crippen LogP contribution in [-0.2, 0) is 10.0 Å². The number of nitrogens with one attached hydrogen (secondary N) is 1. The topological polar surface area (TPSA) is 89.2 Å². The zero-order valence-corrected chi connectivity index (χ0v) is 10.9. The van der Waals surface area contributed by atoms with Gasteiger partial charge in [0.05, 0.1) is 0 Å². The highest BCUT2D eigenvalue weighted by Gasteiger charge is 2.19. The Morgan fingerprint density at radius 1 is 1.39 bits per heavy atom. The van der Waals surface area contributed by atoms with Crippen molar-refractivity contribution in [3.05, 3.63) is 18.6 Å². The summed E-state index contributed by atoms with van der Waals surface area (Å²) in [6.07, 6.45) is 5.79. The van der Waals surface area contributed by atoms with E-state index in [-0.39, 0.29) is 5.16 Å². The molecule has 0 atom stereocenters. The number of hydrogen-bond donors (Lipinski definition) is 1. The number of aromatic nitrogens is 4. The molecule has 2 rings (SSSR count). The molecule has 8 heteroatoms. The third kappa shape index (κ3) is 2.82. The fourth-order valence-corrected chi connectivity index (χ4v) is 2.44. The molecule has 0 aliphatic carbocycles. The van der Waals surface area contributed by atoms with Crippen molar-refractivity contribution in [3.8, 4) is 0 Å². The second-order valence-electron chi connectivity index (χ2n) is 3.88. The Labute approximate surface area is 105 Å². The molecule has 2 aromatic rings.